The monoisotopic (exact) mass is 215 g/mol. The molecular formula is C9H10FNO4. The highest BCUT2D eigenvalue weighted by atomic mass is 19.1. The number of nitrogens with zero attached hydrogens (tertiary/aromatic N) is 1. The Bertz CT molecular complexity index is 365. The maximum atomic E-state index is 13.0. The number of hydrogen-bond donors (Lipinski definition) is 0. The van der Waals surface area contributed by atoms with Crippen molar-refractivity contribution in [1.29, 1.82) is 0 Å². The van der Waals surface area contributed by atoms with E-state index >= 15 is 0 Å². The van der Waals surface area contributed by atoms with Crippen molar-refractivity contribution in [2.45, 2.75) is 6.29 Å². The van der Waals surface area contributed by atoms with Crippen molar-refractivity contribution in [1.82, 2.24) is 0 Å². The van der Waals surface area contributed by atoms with Crippen molar-refractivity contribution in [3.8, 4) is 0 Å². The standard InChI is InChI=1S/C9H10FNO4/c1-14-9(15-2)6-3-4-7(10)8(5-6)11(12)13/h3-5,9H,1-2H3. The highest BCUT2D eigenvalue weighted by Crippen LogP contribution is 2.24. The summed E-state index contributed by atoms with van der Waals surface area (Å²) in [6.07, 6.45) is -0.732. The first kappa shape index (κ1) is 11.5. The average Bonchev–Trinajstić information content (AvgIpc) is 2.21. The quantitative estimate of drug-likeness (QED) is 0.438. The van der Waals surface area contributed by atoms with E-state index in [2.05, 4.69) is 0 Å². The first-order valence-corrected chi connectivity index (χ1v) is 4.09. The molecular weight excluding hydrogens is 205 g/mol. The predicted octanol–water partition coefficient (Wildman–Crippen LogP) is 2.03. The maximum absolute atomic E-state index is 13.0. The van der Waals surface area contributed by atoms with Gasteiger partial charge >= 0.3 is 5.69 Å². The molecule has 0 unspecified atom stereocenters. The molecule has 0 saturated heterocycles. The zero-order chi connectivity index (χ0) is 11.4. The summed E-state index contributed by atoms with van der Waals surface area (Å²) in [7, 11) is 2.78. The van der Waals surface area contributed by atoms with Crippen molar-refractivity contribution in [2.75, 3.05) is 14.2 Å². The van der Waals surface area contributed by atoms with Gasteiger partial charge in [0, 0.05) is 25.8 Å². The molecule has 0 saturated carbocycles. The molecule has 0 N–H and O–H groups in total. The van der Waals surface area contributed by atoms with Crippen LogP contribution in [0.25, 0.3) is 0 Å². The molecule has 0 amide bonds. The SMILES string of the molecule is COC(OC)c1ccc(F)c([N+](=O)[O-])c1. The highest BCUT2D eigenvalue weighted by Gasteiger charge is 2.18. The summed E-state index contributed by atoms with van der Waals surface area (Å²) < 4.78 is 22.8. The lowest BCUT2D eigenvalue weighted by molar-refractivity contribution is -0.387. The normalized spacial score (nSPS) is 10.7. The highest BCUT2D eigenvalue weighted by molar-refractivity contribution is 5.36. The lowest BCUT2D eigenvalue weighted by Gasteiger charge is -2.13. The third-order valence-corrected chi connectivity index (χ3v) is 1.87. The molecule has 0 fully saturated rings. The largest absolute Gasteiger partial charge is 0.352 e. The molecule has 0 bridgehead atoms. The Hall–Kier alpha value is -1.53. The minimum atomic E-state index is -0.880. The van der Waals surface area contributed by atoms with Gasteiger partial charge in [0.1, 0.15) is 0 Å². The number of hydrogen-bond acceptors (Lipinski definition) is 4. The summed E-state index contributed by atoms with van der Waals surface area (Å²) in [4.78, 5) is 9.67. The van der Waals surface area contributed by atoms with Crippen LogP contribution in [0.3, 0.4) is 0 Å². The van der Waals surface area contributed by atoms with Crippen LogP contribution in [0.2, 0.25) is 0 Å². The lowest BCUT2D eigenvalue weighted by Crippen LogP contribution is -2.04. The van der Waals surface area contributed by atoms with Gasteiger partial charge in [-0.1, -0.05) is 6.07 Å². The molecule has 0 aliphatic carbocycles. The predicted molar refractivity (Wildman–Crippen MR) is 49.8 cm³/mol. The van der Waals surface area contributed by atoms with Gasteiger partial charge in [-0.2, -0.15) is 4.39 Å². The fourth-order valence-corrected chi connectivity index (χ4v) is 1.18. The molecule has 82 valence electrons. The second kappa shape index (κ2) is 4.81. The topological polar surface area (TPSA) is 61.6 Å². The number of benzene rings is 1. The van der Waals surface area contributed by atoms with Crippen LogP contribution in [0.5, 0.6) is 0 Å². The molecule has 1 aromatic carbocycles. The molecule has 0 aromatic heterocycles. The summed E-state index contributed by atoms with van der Waals surface area (Å²) in [6, 6.07) is 3.48. The molecule has 15 heavy (non-hydrogen) atoms. The van der Waals surface area contributed by atoms with Gasteiger partial charge in [0.15, 0.2) is 6.29 Å². The van der Waals surface area contributed by atoms with Crippen molar-refractivity contribution >= 4 is 5.69 Å². The van der Waals surface area contributed by atoms with Gasteiger partial charge in [-0.3, -0.25) is 10.1 Å². The van der Waals surface area contributed by atoms with E-state index in [1.165, 1.54) is 20.3 Å². The number of rotatable bonds is 4. The van der Waals surface area contributed by atoms with Crippen LogP contribution in [0.15, 0.2) is 18.2 Å². The van der Waals surface area contributed by atoms with Crippen LogP contribution >= 0.6 is 0 Å². The number of methoxy groups -OCH3 is 2. The van der Waals surface area contributed by atoms with E-state index in [1.807, 2.05) is 0 Å². The number of ether oxygens (including phenoxy) is 2. The maximum Gasteiger partial charge on any atom is 0.305 e. The molecule has 0 aliphatic rings. The zero-order valence-corrected chi connectivity index (χ0v) is 8.27. The smallest absolute Gasteiger partial charge is 0.305 e. The van der Waals surface area contributed by atoms with E-state index < -0.39 is 22.7 Å². The molecule has 1 aromatic rings. The van der Waals surface area contributed by atoms with Gasteiger partial charge in [0.2, 0.25) is 5.82 Å². The van der Waals surface area contributed by atoms with Crippen LogP contribution in [0.1, 0.15) is 11.9 Å². The van der Waals surface area contributed by atoms with Gasteiger partial charge in [-0.15, -0.1) is 0 Å². The van der Waals surface area contributed by atoms with Crippen LogP contribution < -0.4 is 0 Å². The fourth-order valence-electron chi connectivity index (χ4n) is 1.18. The van der Waals surface area contributed by atoms with Gasteiger partial charge in [-0.05, 0) is 6.07 Å². The molecule has 1 rings (SSSR count). The third kappa shape index (κ3) is 2.48. The number of halogens is 1. The second-order valence-electron chi connectivity index (χ2n) is 2.77. The van der Waals surface area contributed by atoms with Gasteiger partial charge in [0.05, 0.1) is 4.92 Å². The van der Waals surface area contributed by atoms with E-state index in [0.717, 1.165) is 12.1 Å². The third-order valence-electron chi connectivity index (χ3n) is 1.87. The Balaban J connectivity index is 3.11. The van der Waals surface area contributed by atoms with Crippen LogP contribution in [0, 0.1) is 15.9 Å². The van der Waals surface area contributed by atoms with Crippen LogP contribution in [-0.4, -0.2) is 19.1 Å². The fraction of sp³-hybridized carbons (Fsp3) is 0.333. The van der Waals surface area contributed by atoms with E-state index in [-0.39, 0.29) is 0 Å². The lowest BCUT2D eigenvalue weighted by atomic mass is 10.2. The van der Waals surface area contributed by atoms with Gasteiger partial charge < -0.3 is 9.47 Å². The van der Waals surface area contributed by atoms with E-state index in [9.17, 15) is 14.5 Å². The number of nitro groups is 1. The van der Waals surface area contributed by atoms with Gasteiger partial charge in [-0.25, -0.2) is 0 Å². The van der Waals surface area contributed by atoms with Crippen LogP contribution in [0.4, 0.5) is 10.1 Å². The summed E-state index contributed by atoms with van der Waals surface area (Å²) in [5.74, 6) is -0.880. The zero-order valence-electron chi connectivity index (χ0n) is 8.27. The molecule has 0 heterocycles. The Morgan fingerprint density at radius 2 is 2.00 bits per heavy atom. The molecule has 6 heteroatoms. The molecule has 0 spiro atoms. The van der Waals surface area contributed by atoms with Crippen molar-refractivity contribution in [3.63, 3.8) is 0 Å². The Labute approximate surface area is 85.6 Å². The van der Waals surface area contributed by atoms with Crippen LogP contribution in [-0.2, 0) is 9.47 Å². The minimum absolute atomic E-state index is 0.396. The van der Waals surface area contributed by atoms with Crippen molar-refractivity contribution in [2.24, 2.45) is 0 Å². The minimum Gasteiger partial charge on any atom is -0.352 e. The summed E-state index contributed by atoms with van der Waals surface area (Å²) in [5, 5.41) is 10.5. The summed E-state index contributed by atoms with van der Waals surface area (Å²) in [6.45, 7) is 0. The van der Waals surface area contributed by atoms with Crippen molar-refractivity contribution in [3.05, 3.63) is 39.7 Å². The molecule has 0 radical (unpaired) electrons. The Morgan fingerprint density at radius 1 is 1.40 bits per heavy atom. The number of nitro benzene ring substituents is 1. The van der Waals surface area contributed by atoms with Crippen molar-refractivity contribution < 1.29 is 18.8 Å². The summed E-state index contributed by atoms with van der Waals surface area (Å²) >= 11 is 0. The second-order valence-corrected chi connectivity index (χ2v) is 2.77. The average molecular weight is 215 g/mol. The van der Waals surface area contributed by atoms with E-state index in [1.54, 1.807) is 0 Å². The first-order chi connectivity index (χ1) is 7.10. The molecule has 5 nitrogen and oxygen atoms in total. The molecule has 0 aliphatic heterocycles. The Morgan fingerprint density at radius 3 is 2.47 bits per heavy atom. The Kier molecular flexibility index (Phi) is 3.70. The van der Waals surface area contributed by atoms with E-state index in [4.69, 9.17) is 9.47 Å². The molecule has 0 atom stereocenters. The van der Waals surface area contributed by atoms with E-state index in [0.29, 0.717) is 5.56 Å². The first-order valence-electron chi connectivity index (χ1n) is 4.09. The van der Waals surface area contributed by atoms with Gasteiger partial charge in [0.25, 0.3) is 0 Å². The summed E-state index contributed by atoms with van der Waals surface area (Å²) in [5.41, 5.74) is -0.195.